The van der Waals surface area contributed by atoms with Gasteiger partial charge in [0, 0.05) is 17.0 Å². The number of carbonyl (C=O) groups excluding carboxylic acids is 2. The number of hydrogen-bond donors (Lipinski definition) is 1. The minimum absolute atomic E-state index is 0.103. The molecule has 2 aromatic carbocycles. The third kappa shape index (κ3) is 6.90. The van der Waals surface area contributed by atoms with Crippen molar-refractivity contribution >= 4 is 62.9 Å². The highest BCUT2D eigenvalue weighted by Crippen LogP contribution is 2.46. The van der Waals surface area contributed by atoms with E-state index in [1.807, 2.05) is 67.8 Å². The lowest BCUT2D eigenvalue weighted by atomic mass is 9.96. The normalized spacial score (nSPS) is 15.8. The van der Waals surface area contributed by atoms with Crippen molar-refractivity contribution in [2.45, 2.75) is 63.1 Å². The number of thioether (sulfide) groups is 1. The first-order valence-electron chi connectivity index (χ1n) is 16.1. The Balaban J connectivity index is 1.45. The highest BCUT2D eigenvalue weighted by atomic mass is 35.5. The fourth-order valence-electron chi connectivity index (χ4n) is 5.75. The highest BCUT2D eigenvalue weighted by molar-refractivity contribution is 8.00. The number of halogens is 1. The van der Waals surface area contributed by atoms with Gasteiger partial charge >= 0.3 is 5.91 Å². The molecule has 1 unspecified atom stereocenters. The number of aromatic nitrogens is 4. The van der Waals surface area contributed by atoms with Crippen LogP contribution in [0.5, 0.6) is 11.5 Å². The first-order valence-corrected chi connectivity index (χ1v) is 18.3. The van der Waals surface area contributed by atoms with E-state index in [0.717, 1.165) is 30.4 Å². The van der Waals surface area contributed by atoms with Gasteiger partial charge in [0.2, 0.25) is 5.13 Å². The van der Waals surface area contributed by atoms with E-state index in [1.165, 1.54) is 28.0 Å². The van der Waals surface area contributed by atoms with E-state index in [4.69, 9.17) is 26.1 Å². The van der Waals surface area contributed by atoms with Crippen LogP contribution in [-0.2, 0) is 15.3 Å². The minimum Gasteiger partial charge on any atom is -0.505 e. The molecular formula is C36H36ClN5O5S2. The van der Waals surface area contributed by atoms with Crippen LogP contribution in [0.3, 0.4) is 0 Å². The summed E-state index contributed by atoms with van der Waals surface area (Å²) in [6.07, 6.45) is 4.85. The van der Waals surface area contributed by atoms with Gasteiger partial charge in [-0.25, -0.2) is 4.98 Å². The third-order valence-electron chi connectivity index (χ3n) is 8.25. The van der Waals surface area contributed by atoms with Crippen LogP contribution >= 0.6 is 34.7 Å². The second-order valence-electron chi connectivity index (χ2n) is 11.5. The van der Waals surface area contributed by atoms with E-state index >= 15 is 0 Å². The SMILES string of the molecule is CCCCCOc1ccc(C2/C(=C(\O)c3nc4c(C)cccn4c3C)C(=O)C(=O)N2c2nnc(SCc3ccccc3Cl)s2)cc1OCC. The molecule has 1 fully saturated rings. The molecule has 254 valence electrons. The van der Waals surface area contributed by atoms with Gasteiger partial charge < -0.3 is 19.0 Å². The first-order chi connectivity index (χ1) is 23.7. The van der Waals surface area contributed by atoms with Gasteiger partial charge in [-0.2, -0.15) is 0 Å². The van der Waals surface area contributed by atoms with Crippen molar-refractivity contribution in [1.29, 1.82) is 0 Å². The molecule has 0 radical (unpaired) electrons. The number of carbonyl (C=O) groups is 2. The van der Waals surface area contributed by atoms with Gasteiger partial charge in [-0.1, -0.05) is 84.8 Å². The molecule has 1 atom stereocenters. The number of pyridine rings is 1. The summed E-state index contributed by atoms with van der Waals surface area (Å²) in [5, 5.41) is 21.4. The number of nitrogens with zero attached hydrogens (tertiary/aromatic N) is 5. The number of Topliss-reactive ketones (excluding diaryl/α,β-unsaturated/α-hetero) is 1. The molecule has 0 saturated carbocycles. The van der Waals surface area contributed by atoms with E-state index < -0.39 is 17.7 Å². The van der Waals surface area contributed by atoms with Crippen LogP contribution in [0, 0.1) is 13.8 Å². The fraction of sp³-hybridized carbons (Fsp3) is 0.306. The molecule has 6 rings (SSSR count). The molecule has 5 aromatic rings. The van der Waals surface area contributed by atoms with Crippen molar-refractivity contribution in [3.8, 4) is 11.5 Å². The molecule has 13 heteroatoms. The molecular weight excluding hydrogens is 682 g/mol. The van der Waals surface area contributed by atoms with Gasteiger partial charge in [0.15, 0.2) is 21.6 Å². The number of hydrogen-bond acceptors (Lipinski definition) is 10. The van der Waals surface area contributed by atoms with Crippen LogP contribution in [0.4, 0.5) is 5.13 Å². The molecule has 0 aliphatic carbocycles. The Labute approximate surface area is 297 Å². The molecule has 0 bridgehead atoms. The van der Waals surface area contributed by atoms with Crippen molar-refractivity contribution in [3.63, 3.8) is 0 Å². The maximum atomic E-state index is 14.0. The van der Waals surface area contributed by atoms with Gasteiger partial charge in [-0.3, -0.25) is 14.5 Å². The lowest BCUT2D eigenvalue weighted by molar-refractivity contribution is -0.132. The maximum absolute atomic E-state index is 14.0. The van der Waals surface area contributed by atoms with Crippen LogP contribution in [0.1, 0.15) is 67.2 Å². The molecule has 1 aliphatic rings. The van der Waals surface area contributed by atoms with Crippen LogP contribution in [0.2, 0.25) is 5.02 Å². The number of aryl methyl sites for hydroxylation is 2. The van der Waals surface area contributed by atoms with Crippen molar-refractivity contribution < 1.29 is 24.2 Å². The fourth-order valence-corrected chi connectivity index (χ4v) is 7.90. The van der Waals surface area contributed by atoms with Gasteiger partial charge in [-0.05, 0) is 68.1 Å². The monoisotopic (exact) mass is 717 g/mol. The second-order valence-corrected chi connectivity index (χ2v) is 14.1. The summed E-state index contributed by atoms with van der Waals surface area (Å²) in [7, 11) is 0. The number of ketones is 1. The van der Waals surface area contributed by atoms with Crippen LogP contribution in [-0.4, -0.2) is 49.6 Å². The zero-order valence-electron chi connectivity index (χ0n) is 27.6. The molecule has 1 aliphatic heterocycles. The Morgan fingerprint density at radius 2 is 1.84 bits per heavy atom. The lowest BCUT2D eigenvalue weighted by Crippen LogP contribution is -2.29. The molecule has 3 aromatic heterocycles. The summed E-state index contributed by atoms with van der Waals surface area (Å²) in [4.78, 5) is 33.9. The zero-order chi connectivity index (χ0) is 34.7. The van der Waals surface area contributed by atoms with Gasteiger partial charge in [0.1, 0.15) is 11.3 Å². The molecule has 4 heterocycles. The van der Waals surface area contributed by atoms with E-state index in [9.17, 15) is 14.7 Å². The van der Waals surface area contributed by atoms with Crippen LogP contribution < -0.4 is 14.4 Å². The van der Waals surface area contributed by atoms with Gasteiger partial charge in [-0.15, -0.1) is 10.2 Å². The van der Waals surface area contributed by atoms with Gasteiger partial charge in [0.05, 0.1) is 30.5 Å². The number of amides is 1. The van der Waals surface area contributed by atoms with Crippen LogP contribution in [0.15, 0.2) is 70.7 Å². The topological polar surface area (TPSA) is 119 Å². The molecule has 0 spiro atoms. The third-order valence-corrected chi connectivity index (χ3v) is 10.7. The van der Waals surface area contributed by atoms with E-state index in [0.29, 0.717) is 56.7 Å². The number of imidazole rings is 1. The summed E-state index contributed by atoms with van der Waals surface area (Å²) in [5.41, 5.74) is 3.74. The number of fused-ring (bicyclic) bond motifs is 1. The van der Waals surface area contributed by atoms with E-state index in [1.54, 1.807) is 18.2 Å². The first kappa shape index (κ1) is 34.5. The summed E-state index contributed by atoms with van der Waals surface area (Å²) in [5.74, 6) is -0.494. The predicted molar refractivity (Wildman–Crippen MR) is 193 cm³/mol. The highest BCUT2D eigenvalue weighted by Gasteiger charge is 2.49. The number of rotatable bonds is 13. The van der Waals surface area contributed by atoms with Crippen molar-refractivity contribution in [1.82, 2.24) is 19.6 Å². The van der Waals surface area contributed by atoms with Crippen molar-refractivity contribution in [2.24, 2.45) is 0 Å². The summed E-state index contributed by atoms with van der Waals surface area (Å²) in [6, 6.07) is 15.6. The Kier molecular flexibility index (Phi) is 10.6. The standard InChI is InChI=1S/C36H36ClN5O5S2/c1-5-7-10-18-47-26-16-15-23(19-27(26)46-6-2)30-28(31(43)29-22(4)41-17-11-12-21(3)33(41)38-29)32(44)34(45)42(30)35-39-40-36(49-35)48-20-24-13-8-9-14-25(24)37/h8-9,11-17,19,30,43H,5-7,10,18,20H2,1-4H3/b31-28+. The minimum atomic E-state index is -1.05. The van der Waals surface area contributed by atoms with E-state index in [-0.39, 0.29) is 22.2 Å². The lowest BCUT2D eigenvalue weighted by Gasteiger charge is -2.23. The number of ether oxygens (including phenoxy) is 2. The zero-order valence-corrected chi connectivity index (χ0v) is 30.0. The Morgan fingerprint density at radius 3 is 2.59 bits per heavy atom. The number of unbranched alkanes of at least 4 members (excludes halogenated alkanes) is 2. The largest absolute Gasteiger partial charge is 0.505 e. The van der Waals surface area contributed by atoms with Crippen molar-refractivity contribution in [3.05, 3.63) is 99.5 Å². The Bertz CT molecular complexity index is 2060. The molecule has 1 N–H and O–H groups in total. The molecule has 49 heavy (non-hydrogen) atoms. The average molecular weight is 718 g/mol. The Hall–Kier alpha value is -4.39. The summed E-state index contributed by atoms with van der Waals surface area (Å²) in [6.45, 7) is 8.63. The molecule has 1 saturated heterocycles. The quantitative estimate of drug-likeness (QED) is 0.0320. The maximum Gasteiger partial charge on any atom is 0.301 e. The predicted octanol–water partition coefficient (Wildman–Crippen LogP) is 8.34. The molecule has 1 amide bonds. The van der Waals surface area contributed by atoms with Gasteiger partial charge in [0.25, 0.3) is 5.78 Å². The van der Waals surface area contributed by atoms with E-state index in [2.05, 4.69) is 17.1 Å². The number of aliphatic hydroxyl groups is 1. The number of aliphatic hydroxyl groups excluding tert-OH is 1. The number of benzene rings is 2. The Morgan fingerprint density at radius 1 is 1.02 bits per heavy atom. The smallest absolute Gasteiger partial charge is 0.301 e. The van der Waals surface area contributed by atoms with Crippen LogP contribution in [0.25, 0.3) is 11.4 Å². The second kappa shape index (κ2) is 15.0. The van der Waals surface area contributed by atoms with Crippen molar-refractivity contribution in [2.75, 3.05) is 18.1 Å². The average Bonchev–Trinajstić information content (AvgIpc) is 3.78. The summed E-state index contributed by atoms with van der Waals surface area (Å²) >= 11 is 8.97. The number of anilines is 1. The summed E-state index contributed by atoms with van der Waals surface area (Å²) < 4.78 is 14.5. The molecule has 10 nitrogen and oxygen atoms in total.